The molecule has 2 heterocycles. The zero-order valence-electron chi connectivity index (χ0n) is 10.3. The third-order valence-corrected chi connectivity index (χ3v) is 3.72. The van der Waals surface area contributed by atoms with Gasteiger partial charge < -0.3 is 35.2 Å². The van der Waals surface area contributed by atoms with E-state index in [4.69, 9.17) is 26.8 Å². The van der Waals surface area contributed by atoms with E-state index in [1.54, 1.807) is 0 Å². The predicted molar refractivity (Wildman–Crippen MR) is 67.0 cm³/mol. The van der Waals surface area contributed by atoms with E-state index >= 15 is 0 Å². The van der Waals surface area contributed by atoms with Gasteiger partial charge >= 0.3 is 0 Å². The molecule has 0 aliphatic carbocycles. The number of ether oxygens (including phenoxy) is 2. The summed E-state index contributed by atoms with van der Waals surface area (Å²) in [6.45, 7) is -0.136. The molecule has 19 heavy (non-hydrogen) atoms. The van der Waals surface area contributed by atoms with Gasteiger partial charge in [0.15, 0.2) is 17.6 Å². The van der Waals surface area contributed by atoms with Gasteiger partial charge in [-0.2, -0.15) is 0 Å². The highest BCUT2D eigenvalue weighted by Crippen LogP contribution is 2.29. The largest absolute Gasteiger partial charge is 0.394 e. The number of hydrogen-bond acceptors (Lipinski definition) is 7. The van der Waals surface area contributed by atoms with Crippen LogP contribution in [-0.4, -0.2) is 87.6 Å². The van der Waals surface area contributed by atoms with Crippen molar-refractivity contribution in [3.8, 4) is 0 Å². The molecule has 110 valence electrons. The highest BCUT2D eigenvalue weighted by Gasteiger charge is 2.51. The molecule has 2 aliphatic heterocycles. The summed E-state index contributed by atoms with van der Waals surface area (Å²) in [6, 6.07) is 0. The maximum atomic E-state index is 10.0. The topological polar surface area (TPSA) is 115 Å². The lowest BCUT2D eigenvalue weighted by atomic mass is 10.1. The Hall–Kier alpha value is -0.550. The quantitative estimate of drug-likeness (QED) is 0.345. The number of methoxy groups -OCH3 is 1. The van der Waals surface area contributed by atoms with Crippen LogP contribution in [0.4, 0.5) is 0 Å². The molecule has 8 nitrogen and oxygen atoms in total. The lowest BCUT2D eigenvalue weighted by molar-refractivity contribution is -0.135. The van der Waals surface area contributed by atoms with Crippen LogP contribution in [0.25, 0.3) is 0 Å². The van der Waals surface area contributed by atoms with Gasteiger partial charge in [0.1, 0.15) is 24.4 Å². The van der Waals surface area contributed by atoms with Crippen LogP contribution in [0.15, 0.2) is 0 Å². The van der Waals surface area contributed by atoms with Gasteiger partial charge in [0.2, 0.25) is 0 Å². The van der Waals surface area contributed by atoms with Crippen molar-refractivity contribution in [1.82, 2.24) is 10.2 Å². The third kappa shape index (κ3) is 2.55. The molecule has 6 atom stereocenters. The summed E-state index contributed by atoms with van der Waals surface area (Å²) < 4.78 is 10.6. The van der Waals surface area contributed by atoms with E-state index in [1.165, 1.54) is 12.0 Å². The smallest absolute Gasteiger partial charge is 0.173 e. The molecule has 0 radical (unpaired) electrons. The Kier molecular flexibility index (Phi) is 4.56. The molecule has 0 bridgehead atoms. The number of hydrogen-bond donors (Lipinski definition) is 5. The van der Waals surface area contributed by atoms with Crippen molar-refractivity contribution in [2.75, 3.05) is 20.3 Å². The maximum Gasteiger partial charge on any atom is 0.173 e. The van der Waals surface area contributed by atoms with Crippen molar-refractivity contribution in [2.24, 2.45) is 0 Å². The van der Waals surface area contributed by atoms with Crippen LogP contribution in [0.3, 0.4) is 0 Å². The summed E-state index contributed by atoms with van der Waals surface area (Å²) >= 11 is 5.09. The molecule has 2 saturated heterocycles. The molecular formula is C10H18N2O6S. The van der Waals surface area contributed by atoms with Crippen molar-refractivity contribution in [3.63, 3.8) is 0 Å². The molecule has 2 aliphatic rings. The Bertz CT molecular complexity index is 346. The van der Waals surface area contributed by atoms with Gasteiger partial charge in [0, 0.05) is 7.11 Å². The van der Waals surface area contributed by atoms with Crippen LogP contribution < -0.4 is 5.32 Å². The highest BCUT2D eigenvalue weighted by atomic mass is 32.1. The fourth-order valence-corrected chi connectivity index (χ4v) is 2.61. The number of aliphatic hydroxyl groups is 4. The van der Waals surface area contributed by atoms with E-state index in [0.717, 1.165) is 0 Å². The first-order valence-corrected chi connectivity index (χ1v) is 6.31. The highest BCUT2D eigenvalue weighted by molar-refractivity contribution is 7.80. The van der Waals surface area contributed by atoms with E-state index in [2.05, 4.69) is 5.32 Å². The zero-order chi connectivity index (χ0) is 14.2. The Labute approximate surface area is 115 Å². The van der Waals surface area contributed by atoms with Gasteiger partial charge in [0.25, 0.3) is 0 Å². The second kappa shape index (κ2) is 5.83. The molecule has 1 unspecified atom stereocenters. The van der Waals surface area contributed by atoms with Crippen LogP contribution in [0, 0.1) is 0 Å². The minimum absolute atomic E-state index is 0.335. The molecule has 2 fully saturated rings. The van der Waals surface area contributed by atoms with Crippen molar-refractivity contribution < 1.29 is 29.9 Å². The number of nitrogens with one attached hydrogen (secondary N) is 1. The van der Waals surface area contributed by atoms with E-state index in [9.17, 15) is 15.3 Å². The third-order valence-electron chi connectivity index (χ3n) is 3.36. The van der Waals surface area contributed by atoms with E-state index in [0.29, 0.717) is 11.7 Å². The molecule has 0 spiro atoms. The molecule has 2 rings (SSSR count). The lowest BCUT2D eigenvalue weighted by Crippen LogP contribution is -2.49. The first-order chi connectivity index (χ1) is 9.01. The van der Waals surface area contributed by atoms with Crippen molar-refractivity contribution in [1.29, 1.82) is 0 Å². The number of rotatable bonds is 4. The molecule has 5 N–H and O–H groups in total. The molecule has 0 saturated carbocycles. The zero-order valence-corrected chi connectivity index (χ0v) is 11.2. The molecule has 0 aromatic carbocycles. The Morgan fingerprint density at radius 1 is 1.53 bits per heavy atom. The minimum Gasteiger partial charge on any atom is -0.394 e. The second-order valence-electron chi connectivity index (χ2n) is 4.51. The summed E-state index contributed by atoms with van der Waals surface area (Å²) in [4.78, 5) is 1.49. The Morgan fingerprint density at radius 3 is 2.79 bits per heavy atom. The van der Waals surface area contributed by atoms with Gasteiger partial charge in [-0.3, -0.25) is 4.90 Å². The van der Waals surface area contributed by atoms with Gasteiger partial charge in [-0.15, -0.1) is 0 Å². The predicted octanol–water partition coefficient (Wildman–Crippen LogP) is -3.05. The van der Waals surface area contributed by atoms with Gasteiger partial charge in [-0.1, -0.05) is 0 Å². The standard InChI is InChI=1S/C10H18N2O6S/c1-17-5-2-11-10(19)12(5)9-7(16)6(15)8(18-9)4(14)3-13/h4-9,13-16H,2-3H2,1H3,(H,11,19)/t4-,5?,6-,7-,8+,9-/m1/s1. The number of aliphatic hydroxyl groups excluding tert-OH is 4. The van der Waals surface area contributed by atoms with Crippen molar-refractivity contribution in [3.05, 3.63) is 0 Å². The summed E-state index contributed by atoms with van der Waals surface area (Å²) in [6.07, 6.45) is -6.29. The van der Waals surface area contributed by atoms with E-state index in [1.807, 2.05) is 0 Å². The lowest BCUT2D eigenvalue weighted by Gasteiger charge is -2.31. The van der Waals surface area contributed by atoms with Gasteiger partial charge in [-0.25, -0.2) is 0 Å². The van der Waals surface area contributed by atoms with Crippen molar-refractivity contribution in [2.45, 2.75) is 36.9 Å². The molecule has 0 aromatic rings. The molecular weight excluding hydrogens is 276 g/mol. The van der Waals surface area contributed by atoms with E-state index in [-0.39, 0.29) is 0 Å². The molecule has 9 heteroatoms. The summed E-state index contributed by atoms with van der Waals surface area (Å²) in [5, 5.41) is 41.5. The van der Waals surface area contributed by atoms with Crippen molar-refractivity contribution >= 4 is 17.3 Å². The van der Waals surface area contributed by atoms with Crippen LogP contribution in [-0.2, 0) is 9.47 Å². The normalized spacial score (nSPS) is 40.6. The molecule has 0 amide bonds. The van der Waals surface area contributed by atoms with E-state index < -0.39 is 43.5 Å². The van der Waals surface area contributed by atoms with Crippen LogP contribution in [0.1, 0.15) is 0 Å². The maximum absolute atomic E-state index is 10.0. The van der Waals surface area contributed by atoms with Gasteiger partial charge in [-0.05, 0) is 12.2 Å². The van der Waals surface area contributed by atoms with Crippen LogP contribution in [0.5, 0.6) is 0 Å². The average Bonchev–Trinajstić information content (AvgIpc) is 2.91. The first-order valence-electron chi connectivity index (χ1n) is 5.90. The molecule has 0 aromatic heterocycles. The Morgan fingerprint density at radius 2 is 2.21 bits per heavy atom. The Balaban J connectivity index is 2.14. The fraction of sp³-hybridized carbons (Fsp3) is 0.900. The summed E-state index contributed by atoms with van der Waals surface area (Å²) in [7, 11) is 1.49. The minimum atomic E-state index is -1.31. The second-order valence-corrected chi connectivity index (χ2v) is 4.89. The fourth-order valence-electron chi connectivity index (χ4n) is 2.31. The SMILES string of the molecule is COC1CNC(=S)N1[C@@H]1O[C@@H]([C@H](O)CO)[C@H](O)[C@H]1O. The van der Waals surface area contributed by atoms with Crippen LogP contribution in [0.2, 0.25) is 0 Å². The summed E-state index contributed by atoms with van der Waals surface area (Å²) in [5.74, 6) is 0. The monoisotopic (exact) mass is 294 g/mol. The number of thiocarbonyl (C=S) groups is 1. The van der Waals surface area contributed by atoms with Gasteiger partial charge in [0.05, 0.1) is 13.2 Å². The summed E-state index contributed by atoms with van der Waals surface area (Å²) in [5.41, 5.74) is 0. The average molecular weight is 294 g/mol. The number of nitrogens with zero attached hydrogens (tertiary/aromatic N) is 1. The van der Waals surface area contributed by atoms with Crippen LogP contribution >= 0.6 is 12.2 Å². The first kappa shape index (κ1) is 14.9.